The maximum absolute atomic E-state index is 4.97. The van der Waals surface area contributed by atoms with Crippen molar-refractivity contribution in [1.29, 1.82) is 0 Å². The van der Waals surface area contributed by atoms with Crippen molar-refractivity contribution < 1.29 is 4.52 Å². The molecule has 0 saturated carbocycles. The molecule has 4 nitrogen and oxygen atoms in total. The number of aromatic nitrogens is 2. The van der Waals surface area contributed by atoms with Gasteiger partial charge in [0, 0.05) is 19.0 Å². The van der Waals surface area contributed by atoms with Crippen molar-refractivity contribution in [2.75, 3.05) is 6.54 Å². The van der Waals surface area contributed by atoms with E-state index in [1.54, 1.807) is 0 Å². The maximum Gasteiger partial charge on any atom is 0.227 e. The second-order valence-electron chi connectivity index (χ2n) is 6.13. The third kappa shape index (κ3) is 3.90. The van der Waals surface area contributed by atoms with Gasteiger partial charge in [0.25, 0.3) is 0 Å². The highest BCUT2D eigenvalue weighted by atomic mass is 16.5. The lowest BCUT2D eigenvalue weighted by molar-refractivity contribution is 0.372. The van der Waals surface area contributed by atoms with E-state index in [1.165, 1.54) is 17.5 Å². The molecule has 0 aliphatic rings. The monoisotopic (exact) mass is 273 g/mol. The van der Waals surface area contributed by atoms with Crippen LogP contribution in [0.15, 0.2) is 35.1 Å². The molecule has 0 fully saturated rings. The van der Waals surface area contributed by atoms with Crippen molar-refractivity contribution in [3.63, 3.8) is 0 Å². The summed E-state index contributed by atoms with van der Waals surface area (Å²) in [6.07, 6.45) is 2.19. The number of hydrogen-bond acceptors (Lipinski definition) is 4. The Morgan fingerprint density at radius 2 is 1.90 bits per heavy atom. The standard InChI is InChI=1S/C16H23N3O/c1-12(17-10-9-15-18-11-19-20-15)13-5-7-14(8-6-13)16(2,3)4/h5-8,11-12,17H,9-10H2,1-4H3. The van der Waals surface area contributed by atoms with E-state index in [2.05, 4.69) is 67.4 Å². The van der Waals surface area contributed by atoms with Gasteiger partial charge in [0.1, 0.15) is 0 Å². The fourth-order valence-electron chi connectivity index (χ4n) is 2.09. The fourth-order valence-corrected chi connectivity index (χ4v) is 2.09. The second-order valence-corrected chi connectivity index (χ2v) is 6.13. The largest absolute Gasteiger partial charge is 0.340 e. The Morgan fingerprint density at radius 3 is 2.45 bits per heavy atom. The van der Waals surface area contributed by atoms with Crippen LogP contribution in [0.2, 0.25) is 0 Å². The second kappa shape index (κ2) is 6.18. The maximum atomic E-state index is 4.97. The van der Waals surface area contributed by atoms with Crippen LogP contribution in [0.4, 0.5) is 0 Å². The lowest BCUT2D eigenvalue weighted by Gasteiger charge is -2.20. The van der Waals surface area contributed by atoms with E-state index < -0.39 is 0 Å². The van der Waals surface area contributed by atoms with Crippen LogP contribution in [0.1, 0.15) is 50.8 Å². The van der Waals surface area contributed by atoms with Crippen molar-refractivity contribution in [3.05, 3.63) is 47.6 Å². The summed E-state index contributed by atoms with van der Waals surface area (Å²) in [4.78, 5) is 4.01. The summed E-state index contributed by atoms with van der Waals surface area (Å²) in [5.41, 5.74) is 2.86. The zero-order chi connectivity index (χ0) is 14.6. The predicted octanol–water partition coefficient (Wildman–Crippen LogP) is 3.26. The Bertz CT molecular complexity index is 512. The molecule has 0 bridgehead atoms. The van der Waals surface area contributed by atoms with Gasteiger partial charge in [-0.25, -0.2) is 0 Å². The summed E-state index contributed by atoms with van der Waals surface area (Å²) in [6.45, 7) is 9.68. The molecule has 1 N–H and O–H groups in total. The minimum absolute atomic E-state index is 0.202. The molecular formula is C16H23N3O. The highest BCUT2D eigenvalue weighted by Crippen LogP contribution is 2.23. The Kier molecular flexibility index (Phi) is 4.55. The van der Waals surface area contributed by atoms with Crippen LogP contribution in [0.25, 0.3) is 0 Å². The third-order valence-corrected chi connectivity index (χ3v) is 3.47. The van der Waals surface area contributed by atoms with Crippen molar-refractivity contribution in [2.24, 2.45) is 0 Å². The quantitative estimate of drug-likeness (QED) is 0.908. The Balaban J connectivity index is 1.87. The summed E-state index contributed by atoms with van der Waals surface area (Å²) in [5, 5.41) is 7.06. The van der Waals surface area contributed by atoms with E-state index >= 15 is 0 Å². The van der Waals surface area contributed by atoms with Crippen LogP contribution in [-0.2, 0) is 11.8 Å². The molecule has 2 rings (SSSR count). The van der Waals surface area contributed by atoms with Gasteiger partial charge in [0.05, 0.1) is 0 Å². The van der Waals surface area contributed by atoms with E-state index in [9.17, 15) is 0 Å². The topological polar surface area (TPSA) is 51.0 Å². The van der Waals surface area contributed by atoms with E-state index in [1.807, 2.05) is 0 Å². The lowest BCUT2D eigenvalue weighted by Crippen LogP contribution is -2.21. The summed E-state index contributed by atoms with van der Waals surface area (Å²) in [7, 11) is 0. The molecule has 20 heavy (non-hydrogen) atoms. The zero-order valence-corrected chi connectivity index (χ0v) is 12.7. The van der Waals surface area contributed by atoms with Gasteiger partial charge in [-0.15, -0.1) is 0 Å². The highest BCUT2D eigenvalue weighted by molar-refractivity contribution is 5.28. The van der Waals surface area contributed by atoms with Gasteiger partial charge >= 0.3 is 0 Å². The average molecular weight is 273 g/mol. The van der Waals surface area contributed by atoms with E-state index in [0.717, 1.165) is 13.0 Å². The van der Waals surface area contributed by atoms with Gasteiger partial charge in [0.2, 0.25) is 5.89 Å². The lowest BCUT2D eigenvalue weighted by atomic mass is 9.86. The Labute approximate surface area is 120 Å². The number of nitrogens with zero attached hydrogens (tertiary/aromatic N) is 2. The predicted molar refractivity (Wildman–Crippen MR) is 79.6 cm³/mol. The normalized spacial score (nSPS) is 13.4. The van der Waals surface area contributed by atoms with Crippen LogP contribution in [0, 0.1) is 0 Å². The van der Waals surface area contributed by atoms with Crippen LogP contribution in [0.3, 0.4) is 0 Å². The average Bonchev–Trinajstić information content (AvgIpc) is 2.91. The Morgan fingerprint density at radius 1 is 1.20 bits per heavy atom. The van der Waals surface area contributed by atoms with E-state index in [4.69, 9.17) is 4.52 Å². The molecule has 1 aromatic carbocycles. The molecule has 1 unspecified atom stereocenters. The number of benzene rings is 1. The van der Waals surface area contributed by atoms with E-state index in [0.29, 0.717) is 11.9 Å². The molecule has 0 spiro atoms. The summed E-state index contributed by atoms with van der Waals surface area (Å²) >= 11 is 0. The first-order chi connectivity index (χ1) is 9.47. The van der Waals surface area contributed by atoms with Gasteiger partial charge in [-0.1, -0.05) is 50.2 Å². The van der Waals surface area contributed by atoms with Crippen molar-refractivity contribution in [2.45, 2.75) is 45.6 Å². The summed E-state index contributed by atoms with van der Waals surface area (Å²) in [5.74, 6) is 0.674. The van der Waals surface area contributed by atoms with Crippen molar-refractivity contribution in [1.82, 2.24) is 15.5 Å². The number of hydrogen-bond donors (Lipinski definition) is 1. The van der Waals surface area contributed by atoms with Crippen LogP contribution < -0.4 is 5.32 Å². The molecule has 0 aliphatic heterocycles. The van der Waals surface area contributed by atoms with Gasteiger partial charge in [-0.05, 0) is 23.5 Å². The van der Waals surface area contributed by atoms with Gasteiger partial charge in [-0.2, -0.15) is 4.98 Å². The van der Waals surface area contributed by atoms with Crippen molar-refractivity contribution >= 4 is 0 Å². The fraction of sp³-hybridized carbons (Fsp3) is 0.500. The first-order valence-corrected chi connectivity index (χ1v) is 7.06. The molecule has 1 aromatic heterocycles. The molecule has 1 atom stereocenters. The van der Waals surface area contributed by atoms with Crippen molar-refractivity contribution in [3.8, 4) is 0 Å². The minimum atomic E-state index is 0.202. The molecule has 0 radical (unpaired) electrons. The van der Waals surface area contributed by atoms with Gasteiger partial charge < -0.3 is 9.84 Å². The molecular weight excluding hydrogens is 250 g/mol. The molecule has 2 aromatic rings. The van der Waals surface area contributed by atoms with Crippen LogP contribution >= 0.6 is 0 Å². The van der Waals surface area contributed by atoms with Crippen LogP contribution in [0.5, 0.6) is 0 Å². The molecule has 1 heterocycles. The Hall–Kier alpha value is -1.68. The summed E-state index contributed by atoms with van der Waals surface area (Å²) < 4.78 is 4.97. The first-order valence-electron chi connectivity index (χ1n) is 7.06. The molecule has 0 amide bonds. The highest BCUT2D eigenvalue weighted by Gasteiger charge is 2.14. The van der Waals surface area contributed by atoms with Gasteiger partial charge in [0.15, 0.2) is 6.33 Å². The smallest absolute Gasteiger partial charge is 0.227 e. The molecule has 0 saturated heterocycles. The van der Waals surface area contributed by atoms with E-state index in [-0.39, 0.29) is 5.41 Å². The third-order valence-electron chi connectivity index (χ3n) is 3.47. The minimum Gasteiger partial charge on any atom is -0.340 e. The molecule has 0 aliphatic carbocycles. The first kappa shape index (κ1) is 14.7. The van der Waals surface area contributed by atoms with Crippen LogP contribution in [-0.4, -0.2) is 16.7 Å². The van der Waals surface area contributed by atoms with Gasteiger partial charge in [-0.3, -0.25) is 0 Å². The molecule has 4 heteroatoms. The molecule has 108 valence electrons. The zero-order valence-electron chi connectivity index (χ0n) is 12.7. The summed E-state index contributed by atoms with van der Waals surface area (Å²) in [6, 6.07) is 9.14. The number of rotatable bonds is 5. The number of nitrogens with one attached hydrogen (secondary N) is 1. The SMILES string of the molecule is CC(NCCc1ncno1)c1ccc(C(C)(C)C)cc1.